The monoisotopic (exact) mass is 268 g/mol. The fraction of sp³-hybridized carbons (Fsp3) is 0.571. The van der Waals surface area contributed by atoms with Crippen LogP contribution in [-0.4, -0.2) is 51.4 Å². The number of ether oxygens (including phenoxy) is 2. The molecule has 1 N–H and O–H groups in total. The third-order valence-electron chi connectivity index (χ3n) is 3.39. The number of nitrogens with zero attached hydrogens (tertiary/aromatic N) is 1. The molecule has 106 valence electrons. The van der Waals surface area contributed by atoms with Crippen molar-refractivity contribution in [3.8, 4) is 5.75 Å². The first-order chi connectivity index (χ1) is 9.24. The Hall–Kier alpha value is -1.17. The van der Waals surface area contributed by atoms with Crippen LogP contribution in [-0.2, 0) is 11.3 Å². The van der Waals surface area contributed by atoms with Crippen LogP contribution in [0.4, 0.5) is 4.39 Å². The van der Waals surface area contributed by atoms with Gasteiger partial charge in [0.1, 0.15) is 0 Å². The number of likely N-dealkylation sites (N-methyl/N-ethyl adjacent to an activating group) is 1. The zero-order valence-electron chi connectivity index (χ0n) is 11.5. The van der Waals surface area contributed by atoms with E-state index in [2.05, 4.69) is 10.2 Å². The Morgan fingerprint density at radius 3 is 3.05 bits per heavy atom. The molecule has 1 aromatic carbocycles. The van der Waals surface area contributed by atoms with Gasteiger partial charge in [-0.2, -0.15) is 0 Å². The predicted molar refractivity (Wildman–Crippen MR) is 71.9 cm³/mol. The second-order valence-corrected chi connectivity index (χ2v) is 4.73. The highest BCUT2D eigenvalue weighted by atomic mass is 19.1. The molecule has 1 saturated heterocycles. The van der Waals surface area contributed by atoms with Crippen molar-refractivity contribution in [1.29, 1.82) is 0 Å². The molecule has 1 heterocycles. The van der Waals surface area contributed by atoms with Gasteiger partial charge >= 0.3 is 0 Å². The summed E-state index contributed by atoms with van der Waals surface area (Å²) < 4.78 is 24.1. The summed E-state index contributed by atoms with van der Waals surface area (Å²) in [6.45, 7) is 3.94. The molecular formula is C14H21FN2O2. The SMILES string of the molecule is CNCC1COCCN1Cc1ccc(OC)c(F)c1. The normalized spacial score (nSPS) is 20.5. The summed E-state index contributed by atoms with van der Waals surface area (Å²) in [6.07, 6.45) is 0. The summed E-state index contributed by atoms with van der Waals surface area (Å²) in [5, 5.41) is 3.17. The van der Waals surface area contributed by atoms with Gasteiger partial charge in [-0.25, -0.2) is 4.39 Å². The summed E-state index contributed by atoms with van der Waals surface area (Å²) >= 11 is 0. The van der Waals surface area contributed by atoms with Crippen molar-refractivity contribution in [2.45, 2.75) is 12.6 Å². The van der Waals surface area contributed by atoms with E-state index in [0.29, 0.717) is 6.04 Å². The first kappa shape index (κ1) is 14.2. The van der Waals surface area contributed by atoms with Crippen LogP contribution in [0.15, 0.2) is 18.2 Å². The van der Waals surface area contributed by atoms with Gasteiger partial charge in [0, 0.05) is 25.7 Å². The average Bonchev–Trinajstić information content (AvgIpc) is 2.41. The molecule has 0 spiro atoms. The topological polar surface area (TPSA) is 33.7 Å². The average molecular weight is 268 g/mol. The summed E-state index contributed by atoms with van der Waals surface area (Å²) in [5.41, 5.74) is 0.960. The van der Waals surface area contributed by atoms with E-state index >= 15 is 0 Å². The van der Waals surface area contributed by atoms with E-state index in [-0.39, 0.29) is 11.6 Å². The predicted octanol–water partition coefficient (Wildman–Crippen LogP) is 1.25. The number of hydrogen-bond acceptors (Lipinski definition) is 4. The molecule has 0 radical (unpaired) electrons. The van der Waals surface area contributed by atoms with Crippen LogP contribution in [0.5, 0.6) is 5.75 Å². The molecule has 0 aromatic heterocycles. The number of halogens is 1. The maximum absolute atomic E-state index is 13.7. The number of benzene rings is 1. The van der Waals surface area contributed by atoms with Crippen molar-refractivity contribution in [3.63, 3.8) is 0 Å². The molecule has 0 bridgehead atoms. The number of hydrogen-bond donors (Lipinski definition) is 1. The van der Waals surface area contributed by atoms with Crippen LogP contribution in [0.25, 0.3) is 0 Å². The first-order valence-corrected chi connectivity index (χ1v) is 6.53. The molecule has 1 atom stereocenters. The lowest BCUT2D eigenvalue weighted by molar-refractivity contribution is -0.0103. The molecule has 0 aliphatic carbocycles. The van der Waals surface area contributed by atoms with Gasteiger partial charge in [-0.15, -0.1) is 0 Å². The summed E-state index contributed by atoms with van der Waals surface area (Å²) in [5.74, 6) is -0.0177. The summed E-state index contributed by atoms with van der Waals surface area (Å²) in [7, 11) is 3.41. The Morgan fingerprint density at radius 1 is 1.53 bits per heavy atom. The molecule has 1 aliphatic rings. The van der Waals surface area contributed by atoms with Crippen molar-refractivity contribution in [3.05, 3.63) is 29.6 Å². The molecule has 0 amide bonds. The number of methoxy groups -OCH3 is 1. The zero-order chi connectivity index (χ0) is 13.7. The second kappa shape index (κ2) is 6.84. The summed E-state index contributed by atoms with van der Waals surface area (Å²) in [4.78, 5) is 2.32. The highest BCUT2D eigenvalue weighted by Gasteiger charge is 2.22. The minimum absolute atomic E-state index is 0.289. The van der Waals surface area contributed by atoms with Crippen LogP contribution < -0.4 is 10.1 Å². The van der Waals surface area contributed by atoms with E-state index in [9.17, 15) is 4.39 Å². The van der Waals surface area contributed by atoms with Gasteiger partial charge in [-0.1, -0.05) is 6.07 Å². The van der Waals surface area contributed by atoms with Crippen molar-refractivity contribution in [2.75, 3.05) is 40.5 Å². The standard InChI is InChI=1S/C14H21FN2O2/c1-16-8-12-10-19-6-5-17(12)9-11-3-4-14(18-2)13(15)7-11/h3-4,7,12,16H,5-6,8-10H2,1-2H3. The Bertz CT molecular complexity index is 412. The Labute approximate surface area is 113 Å². The minimum Gasteiger partial charge on any atom is -0.494 e. The molecular weight excluding hydrogens is 247 g/mol. The Kier molecular flexibility index (Phi) is 5.13. The van der Waals surface area contributed by atoms with Gasteiger partial charge in [0.15, 0.2) is 11.6 Å². The molecule has 1 unspecified atom stereocenters. The smallest absolute Gasteiger partial charge is 0.165 e. The lowest BCUT2D eigenvalue weighted by atomic mass is 10.1. The van der Waals surface area contributed by atoms with Crippen molar-refractivity contribution in [1.82, 2.24) is 10.2 Å². The third kappa shape index (κ3) is 3.65. The highest BCUT2D eigenvalue weighted by Crippen LogP contribution is 2.20. The van der Waals surface area contributed by atoms with E-state index in [1.165, 1.54) is 7.11 Å². The van der Waals surface area contributed by atoms with Gasteiger partial charge in [-0.05, 0) is 24.7 Å². The van der Waals surface area contributed by atoms with Crippen molar-refractivity contribution < 1.29 is 13.9 Å². The maximum Gasteiger partial charge on any atom is 0.165 e. The fourth-order valence-corrected chi connectivity index (χ4v) is 2.36. The fourth-order valence-electron chi connectivity index (χ4n) is 2.36. The van der Waals surface area contributed by atoms with Crippen LogP contribution in [0.1, 0.15) is 5.56 Å². The largest absolute Gasteiger partial charge is 0.494 e. The van der Waals surface area contributed by atoms with Crippen molar-refractivity contribution in [2.24, 2.45) is 0 Å². The second-order valence-electron chi connectivity index (χ2n) is 4.73. The van der Waals surface area contributed by atoms with Crippen LogP contribution in [0, 0.1) is 5.82 Å². The Morgan fingerprint density at radius 2 is 2.37 bits per heavy atom. The number of rotatable bonds is 5. The minimum atomic E-state index is -0.307. The molecule has 1 aliphatic heterocycles. The van der Waals surface area contributed by atoms with Gasteiger partial charge in [0.05, 0.1) is 20.3 Å². The quantitative estimate of drug-likeness (QED) is 0.871. The van der Waals surface area contributed by atoms with E-state index in [1.807, 2.05) is 13.1 Å². The van der Waals surface area contributed by atoms with Crippen LogP contribution in [0.3, 0.4) is 0 Å². The number of morpholine rings is 1. The molecule has 2 rings (SSSR count). The van der Waals surface area contributed by atoms with Crippen LogP contribution >= 0.6 is 0 Å². The van der Waals surface area contributed by atoms with Crippen molar-refractivity contribution >= 4 is 0 Å². The molecule has 5 heteroatoms. The lowest BCUT2D eigenvalue weighted by Gasteiger charge is -2.35. The van der Waals surface area contributed by atoms with Gasteiger partial charge in [0.2, 0.25) is 0 Å². The third-order valence-corrected chi connectivity index (χ3v) is 3.39. The van der Waals surface area contributed by atoms with E-state index in [1.54, 1.807) is 12.1 Å². The molecule has 19 heavy (non-hydrogen) atoms. The molecule has 4 nitrogen and oxygen atoms in total. The molecule has 1 fully saturated rings. The maximum atomic E-state index is 13.7. The first-order valence-electron chi connectivity index (χ1n) is 6.53. The van der Waals surface area contributed by atoms with Crippen LogP contribution in [0.2, 0.25) is 0 Å². The van der Waals surface area contributed by atoms with Gasteiger partial charge in [0.25, 0.3) is 0 Å². The van der Waals surface area contributed by atoms with Gasteiger partial charge < -0.3 is 14.8 Å². The Balaban J connectivity index is 2.04. The number of nitrogens with one attached hydrogen (secondary N) is 1. The van der Waals surface area contributed by atoms with E-state index < -0.39 is 0 Å². The van der Waals surface area contributed by atoms with E-state index in [0.717, 1.165) is 38.4 Å². The molecule has 1 aromatic rings. The zero-order valence-corrected chi connectivity index (χ0v) is 11.5. The lowest BCUT2D eigenvalue weighted by Crippen LogP contribution is -2.49. The summed E-state index contributed by atoms with van der Waals surface area (Å²) in [6, 6.07) is 5.47. The van der Waals surface area contributed by atoms with Gasteiger partial charge in [-0.3, -0.25) is 4.90 Å². The van der Waals surface area contributed by atoms with E-state index in [4.69, 9.17) is 9.47 Å². The highest BCUT2D eigenvalue weighted by molar-refractivity contribution is 5.29. The molecule has 0 saturated carbocycles.